The van der Waals surface area contributed by atoms with E-state index >= 15 is 0 Å². The molecule has 0 aliphatic carbocycles. The number of rotatable bonds is 8. The number of pyridine rings is 1. The molecule has 0 bridgehead atoms. The molecule has 1 aromatic carbocycles. The zero-order valence-corrected chi connectivity index (χ0v) is 14.3. The van der Waals surface area contributed by atoms with Gasteiger partial charge >= 0.3 is 5.97 Å². The van der Waals surface area contributed by atoms with Gasteiger partial charge in [-0.1, -0.05) is 12.1 Å². The van der Waals surface area contributed by atoms with E-state index in [9.17, 15) is 15.0 Å². The monoisotopic (exact) mass is 356 g/mol. The van der Waals surface area contributed by atoms with Crippen LogP contribution in [0.4, 0.5) is 0 Å². The minimum atomic E-state index is -1.12. The van der Waals surface area contributed by atoms with Gasteiger partial charge in [-0.15, -0.1) is 0 Å². The van der Waals surface area contributed by atoms with Crippen LogP contribution in [0.25, 0.3) is 11.0 Å². The number of fused-ring (bicyclic) bond motifs is 1. The van der Waals surface area contributed by atoms with E-state index in [-0.39, 0.29) is 12.4 Å². The Labute approximate surface area is 150 Å². The van der Waals surface area contributed by atoms with Gasteiger partial charge in [-0.2, -0.15) is 0 Å². The summed E-state index contributed by atoms with van der Waals surface area (Å²) < 4.78 is 11.1. The van der Waals surface area contributed by atoms with Gasteiger partial charge in [0.05, 0.1) is 5.39 Å². The lowest BCUT2D eigenvalue weighted by Crippen LogP contribution is -2.31. The fraction of sp³-hybridized carbons (Fsp3) is 0.263. The molecule has 1 atom stereocenters. The highest BCUT2D eigenvalue weighted by Crippen LogP contribution is 2.33. The molecular weight excluding hydrogens is 336 g/mol. The second-order valence-corrected chi connectivity index (χ2v) is 5.95. The molecule has 0 aliphatic rings. The molecule has 2 aromatic heterocycles. The van der Waals surface area contributed by atoms with Gasteiger partial charge in [0, 0.05) is 31.0 Å². The Morgan fingerprint density at radius 3 is 2.92 bits per heavy atom. The Morgan fingerprint density at radius 1 is 1.35 bits per heavy atom. The summed E-state index contributed by atoms with van der Waals surface area (Å²) in [6, 6.07) is 8.94. The summed E-state index contributed by atoms with van der Waals surface area (Å²) >= 11 is 0. The summed E-state index contributed by atoms with van der Waals surface area (Å²) in [4.78, 5) is 15.2. The number of furan rings is 1. The van der Waals surface area contributed by atoms with Crippen molar-refractivity contribution in [1.82, 2.24) is 10.3 Å². The Bertz CT molecular complexity index is 892. The summed E-state index contributed by atoms with van der Waals surface area (Å²) in [5.41, 5.74) is 1.98. The Balaban J connectivity index is 1.59. The minimum absolute atomic E-state index is 0.0756. The Hall–Kier alpha value is -2.90. The molecule has 0 saturated carbocycles. The standard InChI is InChI=1S/C19H20N2O5/c1-12-17-15(5-2-6-16(17)26-18(12)19(23)24)25-11-14(22)10-21-9-13-4-3-7-20-8-13/h2-8,14,21-22H,9-11H2,1H3,(H,23,24). The molecule has 7 nitrogen and oxygen atoms in total. The summed E-state index contributed by atoms with van der Waals surface area (Å²) in [5, 5.41) is 23.0. The number of carboxylic acid groups (broad SMARTS) is 1. The van der Waals surface area contributed by atoms with Crippen LogP contribution in [0.3, 0.4) is 0 Å². The number of aryl methyl sites for hydroxylation is 1. The van der Waals surface area contributed by atoms with Crippen molar-refractivity contribution in [3.05, 3.63) is 59.6 Å². The van der Waals surface area contributed by atoms with Gasteiger partial charge in [-0.3, -0.25) is 4.98 Å². The third-order valence-electron chi connectivity index (χ3n) is 3.97. The second kappa shape index (κ2) is 7.99. The SMILES string of the molecule is Cc1c(C(=O)O)oc2cccc(OCC(O)CNCc3cccnc3)c12. The number of nitrogens with zero attached hydrogens (tertiary/aromatic N) is 1. The predicted molar refractivity (Wildman–Crippen MR) is 95.4 cm³/mol. The Morgan fingerprint density at radius 2 is 2.19 bits per heavy atom. The van der Waals surface area contributed by atoms with Crippen LogP contribution in [0.1, 0.15) is 21.7 Å². The number of hydrogen-bond acceptors (Lipinski definition) is 6. The number of nitrogens with one attached hydrogen (secondary N) is 1. The molecule has 1 unspecified atom stereocenters. The number of carbonyl (C=O) groups is 1. The third kappa shape index (κ3) is 4.01. The number of aromatic nitrogens is 1. The molecule has 26 heavy (non-hydrogen) atoms. The normalized spacial score (nSPS) is 12.2. The van der Waals surface area contributed by atoms with Crippen molar-refractivity contribution >= 4 is 16.9 Å². The second-order valence-electron chi connectivity index (χ2n) is 5.95. The summed E-state index contributed by atoms with van der Waals surface area (Å²) in [6.45, 7) is 2.71. The van der Waals surface area contributed by atoms with Crippen LogP contribution in [0.15, 0.2) is 47.1 Å². The molecule has 3 rings (SSSR count). The predicted octanol–water partition coefficient (Wildman–Crippen LogP) is 2.36. The summed E-state index contributed by atoms with van der Waals surface area (Å²) in [5.74, 6) is -0.735. The van der Waals surface area contributed by atoms with Crippen LogP contribution in [0.5, 0.6) is 5.75 Å². The zero-order chi connectivity index (χ0) is 18.5. The van der Waals surface area contributed by atoms with Crippen molar-refractivity contribution in [3.63, 3.8) is 0 Å². The average molecular weight is 356 g/mol. The molecular formula is C19H20N2O5. The summed E-state index contributed by atoms with van der Waals surface area (Å²) in [7, 11) is 0. The van der Waals surface area contributed by atoms with Crippen molar-refractivity contribution in [2.75, 3.05) is 13.2 Å². The van der Waals surface area contributed by atoms with E-state index < -0.39 is 12.1 Å². The number of aromatic carboxylic acids is 1. The number of aliphatic hydroxyl groups is 1. The molecule has 0 fully saturated rings. The third-order valence-corrected chi connectivity index (χ3v) is 3.97. The fourth-order valence-corrected chi connectivity index (χ4v) is 2.72. The molecule has 136 valence electrons. The van der Waals surface area contributed by atoms with E-state index in [0.717, 1.165) is 5.56 Å². The lowest BCUT2D eigenvalue weighted by atomic mass is 10.1. The maximum absolute atomic E-state index is 11.2. The van der Waals surface area contributed by atoms with Gasteiger partial charge in [0.1, 0.15) is 24.0 Å². The maximum Gasteiger partial charge on any atom is 0.372 e. The molecule has 0 saturated heterocycles. The molecule has 3 N–H and O–H groups in total. The van der Waals surface area contributed by atoms with E-state index in [2.05, 4.69) is 10.3 Å². The van der Waals surface area contributed by atoms with Gasteiger partial charge in [0.2, 0.25) is 5.76 Å². The van der Waals surface area contributed by atoms with Crippen molar-refractivity contribution in [2.45, 2.75) is 19.6 Å². The van der Waals surface area contributed by atoms with Gasteiger partial charge in [-0.25, -0.2) is 4.79 Å². The highest BCUT2D eigenvalue weighted by molar-refractivity contribution is 5.97. The number of benzene rings is 1. The van der Waals surface area contributed by atoms with Gasteiger partial charge in [0.25, 0.3) is 0 Å². The number of hydrogen-bond donors (Lipinski definition) is 3. The molecule has 0 aliphatic heterocycles. The number of aliphatic hydroxyl groups excluding tert-OH is 1. The molecule has 0 amide bonds. The van der Waals surface area contributed by atoms with E-state index in [1.807, 2.05) is 12.1 Å². The minimum Gasteiger partial charge on any atom is -0.490 e. The van der Waals surface area contributed by atoms with Crippen LogP contribution in [-0.2, 0) is 6.54 Å². The highest BCUT2D eigenvalue weighted by atomic mass is 16.5. The van der Waals surface area contributed by atoms with E-state index in [4.69, 9.17) is 9.15 Å². The first-order valence-corrected chi connectivity index (χ1v) is 8.22. The first-order chi connectivity index (χ1) is 12.6. The smallest absolute Gasteiger partial charge is 0.372 e. The van der Waals surface area contributed by atoms with Gasteiger partial charge in [0.15, 0.2) is 0 Å². The van der Waals surface area contributed by atoms with Crippen molar-refractivity contribution in [2.24, 2.45) is 0 Å². The van der Waals surface area contributed by atoms with Crippen LogP contribution < -0.4 is 10.1 Å². The molecule has 0 spiro atoms. The highest BCUT2D eigenvalue weighted by Gasteiger charge is 2.19. The molecule has 7 heteroatoms. The first kappa shape index (κ1) is 17.9. The first-order valence-electron chi connectivity index (χ1n) is 8.22. The number of carboxylic acids is 1. The van der Waals surface area contributed by atoms with Crippen LogP contribution in [0.2, 0.25) is 0 Å². The molecule has 2 heterocycles. The van der Waals surface area contributed by atoms with E-state index in [1.165, 1.54) is 0 Å². The quantitative estimate of drug-likeness (QED) is 0.569. The van der Waals surface area contributed by atoms with Crippen LogP contribution in [0, 0.1) is 6.92 Å². The van der Waals surface area contributed by atoms with Crippen molar-refractivity contribution in [1.29, 1.82) is 0 Å². The van der Waals surface area contributed by atoms with Crippen molar-refractivity contribution in [3.8, 4) is 5.75 Å². The lowest BCUT2D eigenvalue weighted by molar-refractivity contribution is 0.0664. The van der Waals surface area contributed by atoms with Gasteiger partial charge in [-0.05, 0) is 30.7 Å². The van der Waals surface area contributed by atoms with E-state index in [1.54, 1.807) is 37.5 Å². The number of ether oxygens (including phenoxy) is 1. The largest absolute Gasteiger partial charge is 0.490 e. The Kier molecular flexibility index (Phi) is 5.50. The van der Waals surface area contributed by atoms with Crippen molar-refractivity contribution < 1.29 is 24.2 Å². The fourth-order valence-electron chi connectivity index (χ4n) is 2.72. The van der Waals surface area contributed by atoms with E-state index in [0.29, 0.717) is 35.4 Å². The molecule has 0 radical (unpaired) electrons. The lowest BCUT2D eigenvalue weighted by Gasteiger charge is -2.14. The maximum atomic E-state index is 11.2. The topological polar surface area (TPSA) is 105 Å². The van der Waals surface area contributed by atoms with Gasteiger partial charge < -0.3 is 24.7 Å². The zero-order valence-electron chi connectivity index (χ0n) is 14.3. The van der Waals surface area contributed by atoms with Crippen LogP contribution in [-0.4, -0.2) is 40.4 Å². The molecule has 3 aromatic rings. The average Bonchev–Trinajstić information content (AvgIpc) is 2.99. The summed E-state index contributed by atoms with van der Waals surface area (Å²) in [6.07, 6.45) is 2.76. The van der Waals surface area contributed by atoms with Crippen LogP contribution >= 0.6 is 0 Å².